The Labute approximate surface area is 254 Å². The van der Waals surface area contributed by atoms with Crippen molar-refractivity contribution in [3.05, 3.63) is 143 Å². The Morgan fingerprint density at radius 1 is 0.837 bits per heavy atom. The van der Waals surface area contributed by atoms with Gasteiger partial charge in [-0.05, 0) is 28.8 Å². The van der Waals surface area contributed by atoms with Crippen LogP contribution in [0.1, 0.15) is 27.0 Å². The topological polar surface area (TPSA) is 101 Å². The standard InChI is InChI=1S/C34H31ClO8/c1-39-33-31(43-32(38)26-19-11-12-20-27(26)35)30(40-22-36)29(37)28(42-33)21-41-34(23-13-5-2-6-14-23,24-15-7-3-8-16-24)25-17-9-4-10-18-25/h2-20,22,28-31,33,37H,21H2,1H3/t28-,29-,30+,31-,33+/m1/s1. The molecule has 5 rings (SSSR count). The lowest BCUT2D eigenvalue weighted by atomic mass is 9.80. The average Bonchev–Trinajstić information content (AvgIpc) is 3.05. The molecule has 43 heavy (non-hydrogen) atoms. The van der Waals surface area contributed by atoms with Crippen molar-refractivity contribution in [1.82, 2.24) is 0 Å². The second-order valence-electron chi connectivity index (χ2n) is 9.91. The Balaban J connectivity index is 1.47. The average molecular weight is 603 g/mol. The number of methoxy groups -OCH3 is 1. The van der Waals surface area contributed by atoms with Crippen LogP contribution in [0.2, 0.25) is 5.02 Å². The molecule has 1 heterocycles. The summed E-state index contributed by atoms with van der Waals surface area (Å²) in [6, 6.07) is 35.5. The van der Waals surface area contributed by atoms with E-state index in [0.717, 1.165) is 16.7 Å². The number of esters is 1. The molecule has 0 aliphatic carbocycles. The Kier molecular flexibility index (Phi) is 9.86. The summed E-state index contributed by atoms with van der Waals surface area (Å²) < 4.78 is 29.3. The molecule has 1 aliphatic heterocycles. The molecule has 0 spiro atoms. The van der Waals surface area contributed by atoms with Crippen molar-refractivity contribution in [3.63, 3.8) is 0 Å². The van der Waals surface area contributed by atoms with Gasteiger partial charge in [-0.2, -0.15) is 0 Å². The predicted octanol–water partition coefficient (Wildman–Crippen LogP) is 5.15. The molecule has 4 aromatic carbocycles. The van der Waals surface area contributed by atoms with Gasteiger partial charge in [0.25, 0.3) is 6.47 Å². The summed E-state index contributed by atoms with van der Waals surface area (Å²) in [6.45, 7) is 0.0337. The number of aliphatic hydroxyl groups is 1. The number of ether oxygens (including phenoxy) is 5. The Bertz CT molecular complexity index is 1390. The zero-order valence-corrected chi connectivity index (χ0v) is 24.1. The molecule has 0 saturated carbocycles. The van der Waals surface area contributed by atoms with Gasteiger partial charge in [-0.25, -0.2) is 4.79 Å². The highest BCUT2D eigenvalue weighted by Crippen LogP contribution is 2.41. The summed E-state index contributed by atoms with van der Waals surface area (Å²) in [6.07, 6.45) is -6.31. The fraction of sp³-hybridized carbons (Fsp3) is 0.235. The lowest BCUT2D eigenvalue weighted by Crippen LogP contribution is -2.61. The molecule has 0 aromatic heterocycles. The number of aliphatic hydroxyl groups excluding tert-OH is 1. The van der Waals surface area contributed by atoms with Gasteiger partial charge in [0.1, 0.15) is 17.8 Å². The monoisotopic (exact) mass is 602 g/mol. The van der Waals surface area contributed by atoms with Crippen LogP contribution < -0.4 is 0 Å². The molecule has 0 bridgehead atoms. The van der Waals surface area contributed by atoms with Crippen molar-refractivity contribution in [2.45, 2.75) is 36.3 Å². The summed E-state index contributed by atoms with van der Waals surface area (Å²) in [4.78, 5) is 24.5. The Morgan fingerprint density at radius 2 is 1.35 bits per heavy atom. The molecular formula is C34H31ClO8. The Hall–Kier alpha value is -4.05. The third-order valence-electron chi connectivity index (χ3n) is 7.41. The zero-order chi connectivity index (χ0) is 30.2. The molecule has 222 valence electrons. The van der Waals surface area contributed by atoms with E-state index in [9.17, 15) is 14.7 Å². The van der Waals surface area contributed by atoms with Gasteiger partial charge in [-0.15, -0.1) is 0 Å². The van der Waals surface area contributed by atoms with Gasteiger partial charge in [0, 0.05) is 7.11 Å². The van der Waals surface area contributed by atoms with E-state index in [1.54, 1.807) is 18.2 Å². The summed E-state index contributed by atoms with van der Waals surface area (Å²) in [5.74, 6) is -0.793. The first-order chi connectivity index (χ1) is 21.0. The zero-order valence-electron chi connectivity index (χ0n) is 23.3. The Morgan fingerprint density at radius 3 is 1.84 bits per heavy atom. The largest absolute Gasteiger partial charge is 0.458 e. The first-order valence-electron chi connectivity index (χ1n) is 13.7. The maximum absolute atomic E-state index is 13.0. The molecular weight excluding hydrogens is 572 g/mol. The lowest BCUT2D eigenvalue weighted by molar-refractivity contribution is -0.298. The van der Waals surface area contributed by atoms with Crippen molar-refractivity contribution < 1.29 is 38.4 Å². The minimum Gasteiger partial charge on any atom is -0.458 e. The molecule has 4 aromatic rings. The highest BCUT2D eigenvalue weighted by atomic mass is 35.5. The van der Waals surface area contributed by atoms with E-state index in [4.69, 9.17) is 35.3 Å². The van der Waals surface area contributed by atoms with Crippen molar-refractivity contribution >= 4 is 24.0 Å². The molecule has 1 saturated heterocycles. The van der Waals surface area contributed by atoms with Gasteiger partial charge >= 0.3 is 5.97 Å². The highest BCUT2D eigenvalue weighted by Gasteiger charge is 2.50. The third kappa shape index (κ3) is 6.34. The maximum Gasteiger partial charge on any atom is 0.340 e. The van der Waals surface area contributed by atoms with E-state index < -0.39 is 42.3 Å². The van der Waals surface area contributed by atoms with Crippen molar-refractivity contribution in [2.75, 3.05) is 13.7 Å². The summed E-state index contributed by atoms with van der Waals surface area (Å²) in [5, 5.41) is 11.6. The minimum atomic E-state index is -1.44. The number of carbonyl (C=O) groups excluding carboxylic acids is 2. The van der Waals surface area contributed by atoms with E-state index >= 15 is 0 Å². The van der Waals surface area contributed by atoms with Gasteiger partial charge < -0.3 is 28.8 Å². The predicted molar refractivity (Wildman–Crippen MR) is 158 cm³/mol. The normalized spacial score (nSPS) is 22.0. The van der Waals surface area contributed by atoms with Crippen LogP contribution in [0.5, 0.6) is 0 Å². The van der Waals surface area contributed by atoms with Crippen LogP contribution in [-0.2, 0) is 34.1 Å². The second-order valence-corrected chi connectivity index (χ2v) is 10.3. The first-order valence-corrected chi connectivity index (χ1v) is 14.1. The first kappa shape index (κ1) is 30.4. The molecule has 1 fully saturated rings. The number of halogens is 1. The van der Waals surface area contributed by atoms with Gasteiger partial charge in [0.2, 0.25) is 0 Å². The van der Waals surface area contributed by atoms with Crippen LogP contribution in [0.3, 0.4) is 0 Å². The van der Waals surface area contributed by atoms with Gasteiger partial charge in [-0.3, -0.25) is 4.79 Å². The van der Waals surface area contributed by atoms with Gasteiger partial charge in [0.15, 0.2) is 18.5 Å². The van der Waals surface area contributed by atoms with Gasteiger partial charge in [-0.1, -0.05) is 115 Å². The second kappa shape index (κ2) is 13.9. The molecule has 0 amide bonds. The van der Waals surface area contributed by atoms with E-state index in [-0.39, 0.29) is 23.7 Å². The third-order valence-corrected chi connectivity index (χ3v) is 7.74. The van der Waals surface area contributed by atoms with Crippen molar-refractivity contribution in [3.8, 4) is 0 Å². The highest BCUT2D eigenvalue weighted by molar-refractivity contribution is 6.33. The van der Waals surface area contributed by atoms with Crippen molar-refractivity contribution in [1.29, 1.82) is 0 Å². The van der Waals surface area contributed by atoms with Crippen LogP contribution >= 0.6 is 11.6 Å². The number of hydrogen-bond donors (Lipinski definition) is 1. The minimum absolute atomic E-state index is 0.0992. The summed E-state index contributed by atoms with van der Waals surface area (Å²) in [7, 11) is 1.36. The fourth-order valence-corrected chi connectivity index (χ4v) is 5.57. The molecule has 5 atom stereocenters. The van der Waals surface area contributed by atoms with Gasteiger partial charge in [0.05, 0.1) is 17.2 Å². The van der Waals surface area contributed by atoms with E-state index in [0.29, 0.717) is 0 Å². The molecule has 9 heteroatoms. The molecule has 0 radical (unpaired) electrons. The smallest absolute Gasteiger partial charge is 0.340 e. The summed E-state index contributed by atoms with van der Waals surface area (Å²) >= 11 is 6.18. The number of rotatable bonds is 11. The molecule has 0 unspecified atom stereocenters. The number of hydrogen-bond acceptors (Lipinski definition) is 8. The van der Waals surface area contributed by atoms with E-state index in [1.807, 2.05) is 91.0 Å². The van der Waals surface area contributed by atoms with E-state index in [1.165, 1.54) is 13.2 Å². The molecule has 8 nitrogen and oxygen atoms in total. The maximum atomic E-state index is 13.0. The SMILES string of the molecule is CO[C@H]1O[C@H](COC(c2ccccc2)(c2ccccc2)c2ccccc2)[C@@H](O)[C@H](OC=O)[C@H]1OC(=O)c1ccccc1Cl. The van der Waals surface area contributed by atoms with Crippen LogP contribution in [0, 0.1) is 0 Å². The van der Waals surface area contributed by atoms with Crippen LogP contribution in [0.15, 0.2) is 115 Å². The van der Waals surface area contributed by atoms with Crippen molar-refractivity contribution in [2.24, 2.45) is 0 Å². The van der Waals surface area contributed by atoms with Crippen LogP contribution in [-0.4, -0.2) is 62.0 Å². The quantitative estimate of drug-likeness (QED) is 0.143. The summed E-state index contributed by atoms with van der Waals surface area (Å²) in [5.41, 5.74) is 1.57. The lowest BCUT2D eigenvalue weighted by Gasteiger charge is -2.44. The van der Waals surface area contributed by atoms with Crippen LogP contribution in [0.25, 0.3) is 0 Å². The molecule has 1 N–H and O–H groups in total. The fourth-order valence-electron chi connectivity index (χ4n) is 5.35. The number of benzene rings is 4. The molecule has 1 aliphatic rings. The van der Waals surface area contributed by atoms with E-state index in [2.05, 4.69) is 0 Å². The van der Waals surface area contributed by atoms with Crippen LogP contribution in [0.4, 0.5) is 0 Å². The number of carbonyl (C=O) groups is 2.